The van der Waals surface area contributed by atoms with E-state index in [9.17, 15) is 5.11 Å². The molecule has 2 heterocycles. The van der Waals surface area contributed by atoms with Crippen LogP contribution in [0.15, 0.2) is 30.6 Å². The van der Waals surface area contributed by atoms with Gasteiger partial charge in [-0.3, -0.25) is 4.98 Å². The molecule has 0 fully saturated rings. The highest BCUT2D eigenvalue weighted by Gasteiger charge is 2.10. The molecule has 22 heavy (non-hydrogen) atoms. The summed E-state index contributed by atoms with van der Waals surface area (Å²) in [6.45, 7) is 4.61. The molecule has 5 nitrogen and oxygen atoms in total. The summed E-state index contributed by atoms with van der Waals surface area (Å²) in [7, 11) is 0. The molecule has 118 valence electrons. The highest BCUT2D eigenvalue weighted by Crippen LogP contribution is 2.18. The monoisotopic (exact) mass is 320 g/mol. The fraction of sp³-hybridized carbons (Fsp3) is 0.375. The van der Waals surface area contributed by atoms with Crippen molar-refractivity contribution in [3.05, 3.63) is 41.3 Å². The molecular weight excluding hydrogens is 300 g/mol. The van der Waals surface area contributed by atoms with Gasteiger partial charge in [0.1, 0.15) is 5.15 Å². The van der Waals surface area contributed by atoms with Gasteiger partial charge in [0, 0.05) is 31.0 Å². The molecule has 0 aliphatic heterocycles. The smallest absolute Gasteiger partial charge is 0.129 e. The standard InChI is InChI=1S/C16H21ClN4O/c1-16(2,22)5-6-19-9-12(8-18)11-7-14-13(20-10-11)3-4-15(17)21-14/h3-4,7,9-10,19,22H,5-6,8,18H2,1-2H3/b12-9+. The number of aliphatic hydroxyl groups is 1. The summed E-state index contributed by atoms with van der Waals surface area (Å²) in [5.74, 6) is 0. The van der Waals surface area contributed by atoms with E-state index in [1.165, 1.54) is 0 Å². The summed E-state index contributed by atoms with van der Waals surface area (Å²) >= 11 is 5.92. The summed E-state index contributed by atoms with van der Waals surface area (Å²) in [6, 6.07) is 5.47. The number of rotatable bonds is 6. The quantitative estimate of drug-likeness (QED) is 0.562. The zero-order chi connectivity index (χ0) is 16.2. The number of halogens is 1. The van der Waals surface area contributed by atoms with Crippen molar-refractivity contribution in [2.24, 2.45) is 5.73 Å². The molecule has 0 spiro atoms. The number of nitrogens with one attached hydrogen (secondary N) is 1. The number of hydrogen-bond acceptors (Lipinski definition) is 5. The van der Waals surface area contributed by atoms with Gasteiger partial charge in [-0.15, -0.1) is 0 Å². The number of nitrogens with zero attached hydrogens (tertiary/aromatic N) is 2. The number of hydrogen-bond donors (Lipinski definition) is 3. The molecule has 2 aromatic heterocycles. The lowest BCUT2D eigenvalue weighted by Crippen LogP contribution is -2.24. The van der Waals surface area contributed by atoms with E-state index >= 15 is 0 Å². The van der Waals surface area contributed by atoms with Crippen molar-refractivity contribution in [2.75, 3.05) is 13.1 Å². The maximum atomic E-state index is 9.69. The Kier molecular flexibility index (Phi) is 5.34. The molecule has 0 bridgehead atoms. The molecule has 6 heteroatoms. The van der Waals surface area contributed by atoms with E-state index < -0.39 is 5.60 Å². The van der Waals surface area contributed by atoms with Crippen LogP contribution in [0.2, 0.25) is 5.15 Å². The fourth-order valence-corrected chi connectivity index (χ4v) is 2.14. The summed E-state index contributed by atoms with van der Waals surface area (Å²) in [5.41, 5.74) is 8.48. The lowest BCUT2D eigenvalue weighted by atomic mass is 10.1. The first kappa shape index (κ1) is 16.7. The molecule has 4 N–H and O–H groups in total. The first-order valence-electron chi connectivity index (χ1n) is 7.16. The maximum Gasteiger partial charge on any atom is 0.129 e. The van der Waals surface area contributed by atoms with E-state index in [0.29, 0.717) is 24.7 Å². The molecule has 2 rings (SSSR count). The molecule has 0 saturated carbocycles. The van der Waals surface area contributed by atoms with E-state index in [1.54, 1.807) is 26.1 Å². The minimum atomic E-state index is -0.686. The summed E-state index contributed by atoms with van der Waals surface area (Å²) in [5, 5.41) is 13.3. The van der Waals surface area contributed by atoms with Gasteiger partial charge in [0.2, 0.25) is 0 Å². The molecule has 0 aromatic carbocycles. The molecule has 0 atom stereocenters. The van der Waals surface area contributed by atoms with Crippen molar-refractivity contribution in [2.45, 2.75) is 25.9 Å². The van der Waals surface area contributed by atoms with E-state index in [4.69, 9.17) is 17.3 Å². The minimum absolute atomic E-state index is 0.378. The molecule has 0 amide bonds. The average Bonchev–Trinajstić information content (AvgIpc) is 2.45. The lowest BCUT2D eigenvalue weighted by molar-refractivity contribution is 0.0722. The number of fused-ring (bicyclic) bond motifs is 1. The van der Waals surface area contributed by atoms with E-state index in [2.05, 4.69) is 15.3 Å². The van der Waals surface area contributed by atoms with Crippen molar-refractivity contribution >= 4 is 28.2 Å². The van der Waals surface area contributed by atoms with E-state index in [-0.39, 0.29) is 0 Å². The van der Waals surface area contributed by atoms with Crippen molar-refractivity contribution in [3.8, 4) is 0 Å². The lowest BCUT2D eigenvalue weighted by Gasteiger charge is -2.16. The van der Waals surface area contributed by atoms with Crippen molar-refractivity contribution < 1.29 is 5.11 Å². The molecule has 0 aliphatic carbocycles. The Hall–Kier alpha value is -1.69. The third-order valence-electron chi connectivity index (χ3n) is 3.25. The van der Waals surface area contributed by atoms with Crippen LogP contribution in [0.25, 0.3) is 16.6 Å². The van der Waals surface area contributed by atoms with Crippen LogP contribution in [0.1, 0.15) is 25.8 Å². The SMILES string of the molecule is CC(C)(O)CCN/C=C(\CN)c1cnc2ccc(Cl)nc2c1. The second-order valence-corrected chi connectivity index (χ2v) is 6.17. The molecule has 0 radical (unpaired) electrons. The van der Waals surface area contributed by atoms with Crippen LogP contribution < -0.4 is 11.1 Å². The predicted molar refractivity (Wildman–Crippen MR) is 90.5 cm³/mol. The Morgan fingerprint density at radius 3 is 2.86 bits per heavy atom. The van der Waals surface area contributed by atoms with Gasteiger partial charge in [0.25, 0.3) is 0 Å². The van der Waals surface area contributed by atoms with Gasteiger partial charge in [-0.25, -0.2) is 4.98 Å². The molecule has 0 saturated heterocycles. The van der Waals surface area contributed by atoms with Crippen LogP contribution in [0.5, 0.6) is 0 Å². The summed E-state index contributed by atoms with van der Waals surface area (Å²) in [6.07, 6.45) is 4.28. The van der Waals surface area contributed by atoms with Crippen LogP contribution >= 0.6 is 11.6 Å². The normalized spacial score (nSPS) is 12.7. The molecule has 0 unspecified atom stereocenters. The van der Waals surface area contributed by atoms with Gasteiger partial charge in [0.05, 0.1) is 16.6 Å². The highest BCUT2D eigenvalue weighted by molar-refractivity contribution is 6.29. The molecule has 2 aromatic rings. The topological polar surface area (TPSA) is 84.1 Å². The minimum Gasteiger partial charge on any atom is -0.391 e. The van der Waals surface area contributed by atoms with Gasteiger partial charge in [0.15, 0.2) is 0 Å². The summed E-state index contributed by atoms with van der Waals surface area (Å²) < 4.78 is 0. The van der Waals surface area contributed by atoms with Gasteiger partial charge >= 0.3 is 0 Å². The average molecular weight is 321 g/mol. The molecular formula is C16H21ClN4O. The second-order valence-electron chi connectivity index (χ2n) is 5.79. The number of nitrogens with two attached hydrogens (primary N) is 1. The largest absolute Gasteiger partial charge is 0.391 e. The Morgan fingerprint density at radius 1 is 1.41 bits per heavy atom. The number of pyridine rings is 2. The van der Waals surface area contributed by atoms with Crippen LogP contribution in [0.3, 0.4) is 0 Å². The zero-order valence-electron chi connectivity index (χ0n) is 12.8. The zero-order valence-corrected chi connectivity index (χ0v) is 13.6. The Bertz CT molecular complexity index is 679. The summed E-state index contributed by atoms with van der Waals surface area (Å²) in [4.78, 5) is 8.64. The predicted octanol–water partition coefficient (Wildman–Crippen LogP) is 2.33. The van der Waals surface area contributed by atoms with Crippen LogP contribution in [-0.4, -0.2) is 33.8 Å². The number of aromatic nitrogens is 2. The molecule has 0 aliphatic rings. The third-order valence-corrected chi connectivity index (χ3v) is 3.46. The Morgan fingerprint density at radius 2 is 2.18 bits per heavy atom. The van der Waals surface area contributed by atoms with Crippen molar-refractivity contribution in [1.29, 1.82) is 0 Å². The Balaban J connectivity index is 2.16. The van der Waals surface area contributed by atoms with Crippen LogP contribution in [0.4, 0.5) is 0 Å². The van der Waals surface area contributed by atoms with E-state index in [1.807, 2.05) is 18.3 Å². The maximum absolute atomic E-state index is 9.69. The van der Waals surface area contributed by atoms with Gasteiger partial charge in [-0.2, -0.15) is 0 Å². The van der Waals surface area contributed by atoms with E-state index in [0.717, 1.165) is 22.2 Å². The van der Waals surface area contributed by atoms with Crippen LogP contribution in [-0.2, 0) is 0 Å². The van der Waals surface area contributed by atoms with Gasteiger partial charge in [-0.1, -0.05) is 11.6 Å². The van der Waals surface area contributed by atoms with Gasteiger partial charge < -0.3 is 16.2 Å². The first-order chi connectivity index (χ1) is 10.4. The highest BCUT2D eigenvalue weighted by atomic mass is 35.5. The third kappa shape index (κ3) is 4.66. The Labute approximate surface area is 135 Å². The van der Waals surface area contributed by atoms with Gasteiger partial charge in [-0.05, 0) is 44.0 Å². The first-order valence-corrected chi connectivity index (χ1v) is 7.54. The van der Waals surface area contributed by atoms with Crippen LogP contribution in [0, 0.1) is 0 Å². The fourth-order valence-electron chi connectivity index (χ4n) is 1.99. The second kappa shape index (κ2) is 7.05. The van der Waals surface area contributed by atoms with Crippen molar-refractivity contribution in [1.82, 2.24) is 15.3 Å². The van der Waals surface area contributed by atoms with Crippen molar-refractivity contribution in [3.63, 3.8) is 0 Å².